The first-order chi connectivity index (χ1) is 7.65. The average molecular weight is 237 g/mol. The van der Waals surface area contributed by atoms with E-state index in [9.17, 15) is 4.79 Å². The van der Waals surface area contributed by atoms with Crippen molar-refractivity contribution < 1.29 is 4.79 Å². The molecule has 2 aromatic heterocycles. The molecule has 2 rings (SSSR count). The summed E-state index contributed by atoms with van der Waals surface area (Å²) in [4.78, 5) is 15.5. The fourth-order valence-corrected chi connectivity index (χ4v) is 1.39. The van der Waals surface area contributed by atoms with Crippen LogP contribution in [0.15, 0.2) is 30.6 Å². The van der Waals surface area contributed by atoms with Gasteiger partial charge in [-0.2, -0.15) is 5.10 Å². The number of aryl methyl sites for hydroxylation is 1. The molecule has 0 fully saturated rings. The quantitative estimate of drug-likeness (QED) is 0.808. The van der Waals surface area contributed by atoms with Crippen LogP contribution in [0.3, 0.4) is 0 Å². The Kier molecular flexibility index (Phi) is 2.87. The third-order valence-electron chi connectivity index (χ3n) is 1.93. The van der Waals surface area contributed by atoms with Gasteiger partial charge in [-0.25, -0.2) is 4.98 Å². The molecule has 0 spiro atoms. The molecule has 82 valence electrons. The molecule has 0 saturated heterocycles. The Balaban J connectivity index is 2.13. The highest BCUT2D eigenvalue weighted by molar-refractivity contribution is 6.29. The number of hydrogen-bond donors (Lipinski definition) is 1. The van der Waals surface area contributed by atoms with Gasteiger partial charge in [0.05, 0.1) is 0 Å². The molecule has 2 heterocycles. The smallest absolute Gasteiger partial charge is 0.276 e. The second-order valence-electron chi connectivity index (χ2n) is 3.20. The van der Waals surface area contributed by atoms with Crippen LogP contribution >= 0.6 is 11.6 Å². The zero-order valence-electron chi connectivity index (χ0n) is 8.51. The van der Waals surface area contributed by atoms with E-state index in [-0.39, 0.29) is 5.91 Å². The van der Waals surface area contributed by atoms with Gasteiger partial charge in [-0.05, 0) is 18.2 Å². The van der Waals surface area contributed by atoms with E-state index in [1.165, 1.54) is 6.20 Å². The maximum absolute atomic E-state index is 11.7. The maximum Gasteiger partial charge on any atom is 0.276 e. The van der Waals surface area contributed by atoms with Crippen molar-refractivity contribution in [1.82, 2.24) is 14.8 Å². The first kappa shape index (κ1) is 10.6. The fourth-order valence-electron chi connectivity index (χ4n) is 1.21. The Hall–Kier alpha value is -1.88. The molecule has 0 unspecified atom stereocenters. The number of nitrogens with one attached hydrogen (secondary N) is 1. The van der Waals surface area contributed by atoms with Crippen LogP contribution in [0.5, 0.6) is 0 Å². The summed E-state index contributed by atoms with van der Waals surface area (Å²) in [6, 6.07) is 4.87. The standard InChI is InChI=1S/C10H9ClN4O/c1-15-5-3-8(14-15)10(16)13-7-2-4-12-9(11)6-7/h2-6H,1H3,(H,12,13,16). The molecule has 2 aromatic rings. The minimum Gasteiger partial charge on any atom is -0.320 e. The summed E-state index contributed by atoms with van der Waals surface area (Å²) < 4.78 is 1.56. The van der Waals surface area contributed by atoms with E-state index in [0.717, 1.165) is 0 Å². The van der Waals surface area contributed by atoms with Gasteiger partial charge in [0.25, 0.3) is 5.91 Å². The van der Waals surface area contributed by atoms with E-state index in [1.807, 2.05) is 0 Å². The number of rotatable bonds is 2. The minimum atomic E-state index is -0.275. The van der Waals surface area contributed by atoms with Crippen LogP contribution in [0.1, 0.15) is 10.5 Å². The molecule has 6 heteroatoms. The molecule has 0 aromatic carbocycles. The van der Waals surface area contributed by atoms with Crippen LogP contribution in [-0.4, -0.2) is 20.7 Å². The highest BCUT2D eigenvalue weighted by Crippen LogP contribution is 2.12. The topological polar surface area (TPSA) is 59.8 Å². The van der Waals surface area contributed by atoms with Crippen LogP contribution in [0, 0.1) is 0 Å². The van der Waals surface area contributed by atoms with Gasteiger partial charge in [0.2, 0.25) is 0 Å². The number of aromatic nitrogens is 3. The molecular formula is C10H9ClN4O. The number of amides is 1. The van der Waals surface area contributed by atoms with Crippen LogP contribution in [-0.2, 0) is 7.05 Å². The number of carbonyl (C=O) groups excluding carboxylic acids is 1. The Morgan fingerprint density at radius 3 is 2.94 bits per heavy atom. The number of anilines is 1. The fraction of sp³-hybridized carbons (Fsp3) is 0.100. The molecule has 1 amide bonds. The normalized spacial score (nSPS) is 10.1. The van der Waals surface area contributed by atoms with Crippen molar-refractivity contribution in [1.29, 1.82) is 0 Å². The van der Waals surface area contributed by atoms with Gasteiger partial charge in [0, 0.05) is 25.1 Å². The molecule has 0 aliphatic rings. The Bertz CT molecular complexity index is 523. The molecule has 5 nitrogen and oxygen atoms in total. The van der Waals surface area contributed by atoms with Gasteiger partial charge in [0.1, 0.15) is 5.15 Å². The summed E-state index contributed by atoms with van der Waals surface area (Å²) in [7, 11) is 1.75. The van der Waals surface area contributed by atoms with Gasteiger partial charge in [-0.15, -0.1) is 0 Å². The lowest BCUT2D eigenvalue weighted by Gasteiger charge is -2.02. The average Bonchev–Trinajstić information content (AvgIpc) is 2.65. The van der Waals surface area contributed by atoms with Crippen molar-refractivity contribution in [2.45, 2.75) is 0 Å². The van der Waals surface area contributed by atoms with E-state index in [4.69, 9.17) is 11.6 Å². The summed E-state index contributed by atoms with van der Waals surface area (Å²) >= 11 is 5.70. The van der Waals surface area contributed by atoms with Gasteiger partial charge in [-0.1, -0.05) is 11.6 Å². The second-order valence-corrected chi connectivity index (χ2v) is 3.58. The van der Waals surface area contributed by atoms with E-state index in [0.29, 0.717) is 16.5 Å². The van der Waals surface area contributed by atoms with Gasteiger partial charge in [-0.3, -0.25) is 9.48 Å². The highest BCUT2D eigenvalue weighted by atomic mass is 35.5. The molecular weight excluding hydrogens is 228 g/mol. The number of nitrogens with zero attached hydrogens (tertiary/aromatic N) is 3. The predicted octanol–water partition coefficient (Wildman–Crippen LogP) is 1.72. The lowest BCUT2D eigenvalue weighted by Crippen LogP contribution is -2.13. The predicted molar refractivity (Wildman–Crippen MR) is 60.4 cm³/mol. The van der Waals surface area contributed by atoms with Crippen molar-refractivity contribution in [3.05, 3.63) is 41.4 Å². The summed E-state index contributed by atoms with van der Waals surface area (Å²) in [5.41, 5.74) is 0.950. The van der Waals surface area contributed by atoms with Crippen LogP contribution in [0.4, 0.5) is 5.69 Å². The van der Waals surface area contributed by atoms with E-state index >= 15 is 0 Å². The summed E-state index contributed by atoms with van der Waals surface area (Å²) in [5, 5.41) is 6.99. The van der Waals surface area contributed by atoms with Gasteiger partial charge < -0.3 is 5.32 Å². The molecule has 0 saturated carbocycles. The monoisotopic (exact) mass is 236 g/mol. The minimum absolute atomic E-state index is 0.275. The Morgan fingerprint density at radius 2 is 2.31 bits per heavy atom. The molecule has 1 N–H and O–H groups in total. The highest BCUT2D eigenvalue weighted by Gasteiger charge is 2.08. The van der Waals surface area contributed by atoms with Crippen LogP contribution in [0.2, 0.25) is 5.15 Å². The van der Waals surface area contributed by atoms with Crippen molar-refractivity contribution >= 4 is 23.2 Å². The SMILES string of the molecule is Cn1ccc(C(=O)Nc2ccnc(Cl)c2)n1. The zero-order chi connectivity index (χ0) is 11.5. The molecule has 16 heavy (non-hydrogen) atoms. The lowest BCUT2D eigenvalue weighted by molar-refractivity contribution is 0.102. The van der Waals surface area contributed by atoms with Crippen molar-refractivity contribution in [2.24, 2.45) is 7.05 Å². The van der Waals surface area contributed by atoms with Gasteiger partial charge >= 0.3 is 0 Å². The molecule has 0 aliphatic heterocycles. The molecule has 0 aliphatic carbocycles. The lowest BCUT2D eigenvalue weighted by atomic mass is 10.3. The van der Waals surface area contributed by atoms with Crippen molar-refractivity contribution in [2.75, 3.05) is 5.32 Å². The van der Waals surface area contributed by atoms with Gasteiger partial charge in [0.15, 0.2) is 5.69 Å². The maximum atomic E-state index is 11.7. The zero-order valence-corrected chi connectivity index (χ0v) is 9.27. The third-order valence-corrected chi connectivity index (χ3v) is 2.14. The number of halogens is 1. The Labute approximate surface area is 97.1 Å². The van der Waals surface area contributed by atoms with E-state index in [2.05, 4.69) is 15.4 Å². The number of pyridine rings is 1. The van der Waals surface area contributed by atoms with Crippen LogP contribution in [0.25, 0.3) is 0 Å². The Morgan fingerprint density at radius 1 is 1.50 bits per heavy atom. The first-order valence-electron chi connectivity index (χ1n) is 4.58. The largest absolute Gasteiger partial charge is 0.320 e. The molecule has 0 radical (unpaired) electrons. The van der Waals surface area contributed by atoms with E-state index in [1.54, 1.807) is 36.1 Å². The second kappa shape index (κ2) is 4.32. The van der Waals surface area contributed by atoms with Crippen molar-refractivity contribution in [3.63, 3.8) is 0 Å². The summed E-state index contributed by atoms with van der Waals surface area (Å²) in [5.74, 6) is -0.275. The molecule has 0 bridgehead atoms. The third kappa shape index (κ3) is 2.38. The number of hydrogen-bond acceptors (Lipinski definition) is 3. The summed E-state index contributed by atoms with van der Waals surface area (Å²) in [6.45, 7) is 0. The van der Waals surface area contributed by atoms with E-state index < -0.39 is 0 Å². The first-order valence-corrected chi connectivity index (χ1v) is 4.95. The van der Waals surface area contributed by atoms with Crippen LogP contribution < -0.4 is 5.32 Å². The summed E-state index contributed by atoms with van der Waals surface area (Å²) in [6.07, 6.45) is 3.23. The number of carbonyl (C=O) groups is 1. The molecule has 0 atom stereocenters. The van der Waals surface area contributed by atoms with Crippen molar-refractivity contribution in [3.8, 4) is 0 Å².